The Kier molecular flexibility index (Phi) is 5.68. The van der Waals surface area contributed by atoms with Gasteiger partial charge in [-0.2, -0.15) is 0 Å². The van der Waals surface area contributed by atoms with E-state index in [-0.39, 0.29) is 6.10 Å². The van der Waals surface area contributed by atoms with Crippen molar-refractivity contribution in [3.05, 3.63) is 40.3 Å². The predicted octanol–water partition coefficient (Wildman–Crippen LogP) is 4.81. The lowest BCUT2D eigenvalue weighted by Crippen LogP contribution is -2.07. The van der Waals surface area contributed by atoms with Crippen molar-refractivity contribution < 1.29 is 9.47 Å². The second-order valence-electron chi connectivity index (χ2n) is 4.21. The standard InChI is InChI=1S/C15H18ClNO2S/c1-3-12(15-17-11(9-16)10-20-15)19-14-8-6-5-7-13(14)18-4-2/h5-8,10,12H,3-4,9H2,1-2H3. The monoisotopic (exact) mass is 311 g/mol. The average Bonchev–Trinajstić information content (AvgIpc) is 2.95. The van der Waals surface area contributed by atoms with Gasteiger partial charge in [0, 0.05) is 5.38 Å². The summed E-state index contributed by atoms with van der Waals surface area (Å²) in [7, 11) is 0. The van der Waals surface area contributed by atoms with Crippen LogP contribution in [0.15, 0.2) is 29.6 Å². The lowest BCUT2D eigenvalue weighted by molar-refractivity contribution is 0.188. The zero-order valence-electron chi connectivity index (χ0n) is 11.6. The molecule has 20 heavy (non-hydrogen) atoms. The topological polar surface area (TPSA) is 31.4 Å². The quantitative estimate of drug-likeness (QED) is 0.688. The van der Waals surface area contributed by atoms with Gasteiger partial charge in [0.2, 0.25) is 0 Å². The Bertz CT molecular complexity index is 544. The van der Waals surface area contributed by atoms with E-state index >= 15 is 0 Å². The normalized spacial score (nSPS) is 12.2. The minimum atomic E-state index is -0.0708. The van der Waals surface area contributed by atoms with E-state index in [1.165, 1.54) is 0 Å². The van der Waals surface area contributed by atoms with Gasteiger partial charge in [0.05, 0.1) is 18.2 Å². The Labute approximate surface area is 128 Å². The zero-order valence-corrected chi connectivity index (χ0v) is 13.2. The van der Waals surface area contributed by atoms with Gasteiger partial charge in [0.25, 0.3) is 0 Å². The van der Waals surface area contributed by atoms with Gasteiger partial charge in [-0.05, 0) is 25.5 Å². The summed E-state index contributed by atoms with van der Waals surface area (Å²) in [6.07, 6.45) is 0.772. The van der Waals surface area contributed by atoms with Crippen molar-refractivity contribution in [1.82, 2.24) is 4.98 Å². The van der Waals surface area contributed by atoms with Gasteiger partial charge >= 0.3 is 0 Å². The van der Waals surface area contributed by atoms with Crippen LogP contribution in [0.5, 0.6) is 11.5 Å². The third-order valence-electron chi connectivity index (χ3n) is 2.77. The molecule has 0 radical (unpaired) electrons. The van der Waals surface area contributed by atoms with Gasteiger partial charge < -0.3 is 9.47 Å². The maximum absolute atomic E-state index is 6.07. The summed E-state index contributed by atoms with van der Waals surface area (Å²) in [5.74, 6) is 1.95. The number of hydrogen-bond donors (Lipinski definition) is 0. The van der Waals surface area contributed by atoms with E-state index < -0.39 is 0 Å². The highest BCUT2D eigenvalue weighted by Crippen LogP contribution is 2.33. The molecule has 1 aromatic heterocycles. The Morgan fingerprint density at radius 1 is 1.25 bits per heavy atom. The number of para-hydroxylation sites is 2. The van der Waals surface area contributed by atoms with Gasteiger partial charge in [-0.15, -0.1) is 22.9 Å². The second kappa shape index (κ2) is 7.50. The molecule has 1 aromatic carbocycles. The maximum Gasteiger partial charge on any atom is 0.162 e. The molecule has 1 atom stereocenters. The minimum Gasteiger partial charge on any atom is -0.490 e. The Hall–Kier alpha value is -1.26. The largest absolute Gasteiger partial charge is 0.490 e. The van der Waals surface area contributed by atoms with E-state index in [1.54, 1.807) is 11.3 Å². The maximum atomic E-state index is 6.07. The van der Waals surface area contributed by atoms with Crippen LogP contribution in [0.3, 0.4) is 0 Å². The van der Waals surface area contributed by atoms with Crippen LogP contribution in [0, 0.1) is 0 Å². The second-order valence-corrected chi connectivity index (χ2v) is 5.36. The number of halogens is 1. The first-order valence-electron chi connectivity index (χ1n) is 6.67. The first kappa shape index (κ1) is 15.1. The molecule has 3 nitrogen and oxygen atoms in total. The molecular weight excluding hydrogens is 294 g/mol. The number of nitrogens with zero attached hydrogens (tertiary/aromatic N) is 1. The molecule has 0 saturated carbocycles. The van der Waals surface area contributed by atoms with E-state index in [0.29, 0.717) is 12.5 Å². The SMILES string of the molecule is CCOc1ccccc1OC(CC)c1nc(CCl)cs1. The third kappa shape index (κ3) is 3.64. The van der Waals surface area contributed by atoms with E-state index in [9.17, 15) is 0 Å². The molecule has 0 aliphatic heterocycles. The van der Waals surface area contributed by atoms with Crippen LogP contribution in [0.25, 0.3) is 0 Å². The predicted molar refractivity (Wildman–Crippen MR) is 82.9 cm³/mol. The number of thiazole rings is 1. The molecular formula is C15H18ClNO2S. The van der Waals surface area contributed by atoms with Crippen molar-refractivity contribution in [2.45, 2.75) is 32.3 Å². The molecule has 1 heterocycles. The molecule has 5 heteroatoms. The van der Waals surface area contributed by atoms with Gasteiger partial charge in [0.15, 0.2) is 11.5 Å². The van der Waals surface area contributed by atoms with Gasteiger partial charge in [-0.3, -0.25) is 0 Å². The molecule has 0 N–H and O–H groups in total. The fraction of sp³-hybridized carbons (Fsp3) is 0.400. The van der Waals surface area contributed by atoms with Gasteiger partial charge in [-0.25, -0.2) is 4.98 Å². The molecule has 2 rings (SSSR count). The smallest absolute Gasteiger partial charge is 0.162 e. The van der Waals surface area contributed by atoms with E-state index in [2.05, 4.69) is 11.9 Å². The molecule has 1 unspecified atom stereocenters. The van der Waals surface area contributed by atoms with E-state index in [4.69, 9.17) is 21.1 Å². The molecule has 0 aliphatic rings. The molecule has 2 aromatic rings. The highest BCUT2D eigenvalue weighted by atomic mass is 35.5. The fourth-order valence-electron chi connectivity index (χ4n) is 1.82. The lowest BCUT2D eigenvalue weighted by Gasteiger charge is -2.17. The zero-order chi connectivity index (χ0) is 14.4. The van der Waals surface area contributed by atoms with Crippen molar-refractivity contribution in [2.24, 2.45) is 0 Å². The van der Waals surface area contributed by atoms with Crippen LogP contribution >= 0.6 is 22.9 Å². The van der Waals surface area contributed by atoms with Crippen LogP contribution < -0.4 is 9.47 Å². The van der Waals surface area contributed by atoms with Crippen LogP contribution in [0.1, 0.15) is 37.1 Å². The average molecular weight is 312 g/mol. The summed E-state index contributed by atoms with van der Waals surface area (Å²) in [4.78, 5) is 4.49. The third-order valence-corrected chi connectivity index (χ3v) is 4.03. The molecule has 0 bridgehead atoms. The Morgan fingerprint density at radius 3 is 2.60 bits per heavy atom. The van der Waals surface area contributed by atoms with E-state index in [0.717, 1.165) is 28.6 Å². The fourth-order valence-corrected chi connectivity index (χ4v) is 2.97. The number of rotatable bonds is 7. The lowest BCUT2D eigenvalue weighted by atomic mass is 10.2. The summed E-state index contributed by atoms with van der Waals surface area (Å²) < 4.78 is 11.7. The number of hydrogen-bond acceptors (Lipinski definition) is 4. The highest BCUT2D eigenvalue weighted by Gasteiger charge is 2.17. The van der Waals surface area contributed by atoms with Crippen molar-refractivity contribution >= 4 is 22.9 Å². The number of alkyl halides is 1. The van der Waals surface area contributed by atoms with Gasteiger partial charge in [-0.1, -0.05) is 19.1 Å². The summed E-state index contributed by atoms with van der Waals surface area (Å²) in [6.45, 7) is 4.65. The molecule has 108 valence electrons. The summed E-state index contributed by atoms with van der Waals surface area (Å²) in [6, 6.07) is 7.71. The van der Waals surface area contributed by atoms with Crippen molar-refractivity contribution in [3.63, 3.8) is 0 Å². The van der Waals surface area contributed by atoms with Crippen LogP contribution in [-0.4, -0.2) is 11.6 Å². The van der Waals surface area contributed by atoms with Crippen LogP contribution in [-0.2, 0) is 5.88 Å². The number of ether oxygens (including phenoxy) is 2. The van der Waals surface area contributed by atoms with Crippen molar-refractivity contribution in [3.8, 4) is 11.5 Å². The van der Waals surface area contributed by atoms with Gasteiger partial charge in [0.1, 0.15) is 11.1 Å². The Morgan fingerprint density at radius 2 is 2.00 bits per heavy atom. The first-order chi connectivity index (χ1) is 9.78. The van der Waals surface area contributed by atoms with Crippen molar-refractivity contribution in [2.75, 3.05) is 6.61 Å². The molecule has 0 fully saturated rings. The highest BCUT2D eigenvalue weighted by molar-refractivity contribution is 7.09. The summed E-state index contributed by atoms with van der Waals surface area (Å²) in [5.41, 5.74) is 0.895. The van der Waals surface area contributed by atoms with E-state index in [1.807, 2.05) is 36.6 Å². The number of benzene rings is 1. The minimum absolute atomic E-state index is 0.0708. The van der Waals surface area contributed by atoms with Crippen LogP contribution in [0.2, 0.25) is 0 Å². The van der Waals surface area contributed by atoms with Crippen molar-refractivity contribution in [1.29, 1.82) is 0 Å². The number of aromatic nitrogens is 1. The summed E-state index contributed by atoms with van der Waals surface area (Å²) >= 11 is 7.38. The molecule has 0 saturated heterocycles. The molecule has 0 aliphatic carbocycles. The first-order valence-corrected chi connectivity index (χ1v) is 8.08. The molecule has 0 amide bonds. The summed E-state index contributed by atoms with van der Waals surface area (Å²) in [5, 5.41) is 2.93. The molecule has 0 spiro atoms. The Balaban J connectivity index is 2.17. The van der Waals surface area contributed by atoms with Crippen LogP contribution in [0.4, 0.5) is 0 Å².